The second-order valence-corrected chi connectivity index (χ2v) is 4.46. The summed E-state index contributed by atoms with van der Waals surface area (Å²) in [6.45, 7) is 1.90. The van der Waals surface area contributed by atoms with Crippen LogP contribution in [-0.4, -0.2) is 30.3 Å². The molecule has 0 bridgehead atoms. The van der Waals surface area contributed by atoms with Gasteiger partial charge in [-0.05, 0) is 12.1 Å². The zero-order valence-electron chi connectivity index (χ0n) is 8.45. The van der Waals surface area contributed by atoms with Crippen molar-refractivity contribution >= 4 is 11.3 Å². The monoisotopic (exact) mass is 225 g/mol. The van der Waals surface area contributed by atoms with Gasteiger partial charge in [-0.2, -0.15) is 4.80 Å². The van der Waals surface area contributed by atoms with Crippen molar-refractivity contribution in [3.05, 3.63) is 21.9 Å². The van der Waals surface area contributed by atoms with E-state index in [1.54, 1.807) is 13.2 Å². The standard InChI is InChI=1S/C8H11N5OS/c1-5-9-4-7(15-5)6(14)3-8-10-12-13(2)11-8/h4,6,14H,3H2,1-2H3. The van der Waals surface area contributed by atoms with Crippen molar-refractivity contribution in [3.8, 4) is 0 Å². The van der Waals surface area contributed by atoms with E-state index in [4.69, 9.17) is 0 Å². The Labute approximate surface area is 90.6 Å². The summed E-state index contributed by atoms with van der Waals surface area (Å²) in [5, 5.41) is 22.3. The van der Waals surface area contributed by atoms with E-state index in [2.05, 4.69) is 20.4 Å². The Morgan fingerprint density at radius 1 is 1.60 bits per heavy atom. The number of tetrazole rings is 1. The maximum absolute atomic E-state index is 9.85. The molecule has 0 saturated carbocycles. The second-order valence-electron chi connectivity index (χ2n) is 3.20. The zero-order valence-corrected chi connectivity index (χ0v) is 9.27. The van der Waals surface area contributed by atoms with Gasteiger partial charge in [0.1, 0.15) is 0 Å². The lowest BCUT2D eigenvalue weighted by molar-refractivity contribution is 0.179. The van der Waals surface area contributed by atoms with E-state index in [0.29, 0.717) is 12.2 Å². The topological polar surface area (TPSA) is 76.7 Å². The van der Waals surface area contributed by atoms with Gasteiger partial charge in [0.05, 0.1) is 23.0 Å². The van der Waals surface area contributed by atoms with E-state index in [-0.39, 0.29) is 0 Å². The summed E-state index contributed by atoms with van der Waals surface area (Å²) in [6, 6.07) is 0. The van der Waals surface area contributed by atoms with Gasteiger partial charge in [-0.15, -0.1) is 21.5 Å². The SMILES string of the molecule is Cc1ncc(C(O)Cc2nnn(C)n2)s1. The summed E-state index contributed by atoms with van der Waals surface area (Å²) in [7, 11) is 1.69. The molecule has 0 aliphatic rings. The summed E-state index contributed by atoms with van der Waals surface area (Å²) in [6.07, 6.45) is 1.46. The van der Waals surface area contributed by atoms with Crippen molar-refractivity contribution in [1.82, 2.24) is 25.2 Å². The van der Waals surface area contributed by atoms with Crippen LogP contribution in [0.2, 0.25) is 0 Å². The highest BCUT2D eigenvalue weighted by Gasteiger charge is 2.14. The summed E-state index contributed by atoms with van der Waals surface area (Å²) >= 11 is 1.48. The van der Waals surface area contributed by atoms with Crippen molar-refractivity contribution < 1.29 is 5.11 Å². The van der Waals surface area contributed by atoms with Crippen molar-refractivity contribution in [2.45, 2.75) is 19.4 Å². The molecule has 80 valence electrons. The summed E-state index contributed by atoms with van der Waals surface area (Å²) < 4.78 is 0. The molecule has 1 unspecified atom stereocenters. The number of thiazole rings is 1. The minimum absolute atomic E-state index is 0.371. The maximum atomic E-state index is 9.85. The van der Waals surface area contributed by atoms with Gasteiger partial charge in [0, 0.05) is 12.6 Å². The molecule has 1 atom stereocenters. The highest BCUT2D eigenvalue weighted by Crippen LogP contribution is 2.22. The Kier molecular flexibility index (Phi) is 2.74. The van der Waals surface area contributed by atoms with Crippen LogP contribution in [0, 0.1) is 6.92 Å². The highest BCUT2D eigenvalue weighted by molar-refractivity contribution is 7.11. The molecule has 2 rings (SSSR count). The average Bonchev–Trinajstić information content (AvgIpc) is 2.75. The van der Waals surface area contributed by atoms with E-state index in [0.717, 1.165) is 9.88 Å². The Morgan fingerprint density at radius 3 is 2.93 bits per heavy atom. The van der Waals surface area contributed by atoms with Crippen LogP contribution in [-0.2, 0) is 13.5 Å². The second kappa shape index (κ2) is 4.03. The van der Waals surface area contributed by atoms with E-state index in [1.807, 2.05) is 6.92 Å². The minimum Gasteiger partial charge on any atom is -0.387 e. The van der Waals surface area contributed by atoms with Gasteiger partial charge in [0.2, 0.25) is 0 Å². The van der Waals surface area contributed by atoms with Gasteiger partial charge in [-0.25, -0.2) is 4.98 Å². The summed E-state index contributed by atoms with van der Waals surface area (Å²) in [5.41, 5.74) is 0. The molecule has 2 aromatic rings. The number of rotatable bonds is 3. The summed E-state index contributed by atoms with van der Waals surface area (Å²) in [4.78, 5) is 6.29. The smallest absolute Gasteiger partial charge is 0.177 e. The molecule has 0 fully saturated rings. The molecular formula is C8H11N5OS. The molecule has 0 spiro atoms. The van der Waals surface area contributed by atoms with Crippen molar-refractivity contribution in [2.24, 2.45) is 7.05 Å². The molecule has 2 heterocycles. The van der Waals surface area contributed by atoms with Gasteiger partial charge in [-0.3, -0.25) is 0 Å². The molecule has 0 aliphatic heterocycles. The normalized spacial score (nSPS) is 13.0. The molecule has 0 amide bonds. The van der Waals surface area contributed by atoms with Gasteiger partial charge < -0.3 is 5.11 Å². The molecule has 2 aromatic heterocycles. The largest absolute Gasteiger partial charge is 0.387 e. The van der Waals surface area contributed by atoms with Gasteiger partial charge in [0.25, 0.3) is 0 Å². The first kappa shape index (κ1) is 10.2. The number of hydrogen-bond donors (Lipinski definition) is 1. The van der Waals surface area contributed by atoms with Crippen LogP contribution >= 0.6 is 11.3 Å². The number of aliphatic hydroxyl groups excluding tert-OH is 1. The first-order valence-electron chi connectivity index (χ1n) is 4.48. The lowest BCUT2D eigenvalue weighted by atomic mass is 10.2. The fraction of sp³-hybridized carbons (Fsp3) is 0.500. The fourth-order valence-corrected chi connectivity index (χ4v) is 1.98. The molecule has 0 aromatic carbocycles. The van der Waals surface area contributed by atoms with Crippen LogP contribution in [0.5, 0.6) is 0 Å². The Bertz CT molecular complexity index is 451. The van der Waals surface area contributed by atoms with Gasteiger partial charge >= 0.3 is 0 Å². The predicted molar refractivity (Wildman–Crippen MR) is 54.3 cm³/mol. The third-order valence-electron chi connectivity index (χ3n) is 1.89. The molecule has 15 heavy (non-hydrogen) atoms. The number of aromatic nitrogens is 5. The molecule has 1 N–H and O–H groups in total. The lowest BCUT2D eigenvalue weighted by Crippen LogP contribution is -2.02. The molecular weight excluding hydrogens is 214 g/mol. The van der Waals surface area contributed by atoms with E-state index < -0.39 is 6.10 Å². The van der Waals surface area contributed by atoms with Crippen LogP contribution in [0.4, 0.5) is 0 Å². The Hall–Kier alpha value is -1.34. The van der Waals surface area contributed by atoms with Crippen LogP contribution in [0.25, 0.3) is 0 Å². The fourth-order valence-electron chi connectivity index (χ4n) is 1.21. The van der Waals surface area contributed by atoms with Crippen LogP contribution in [0.1, 0.15) is 21.8 Å². The molecule has 6 nitrogen and oxygen atoms in total. The first-order chi connectivity index (χ1) is 7.15. The third-order valence-corrected chi connectivity index (χ3v) is 2.91. The third kappa shape index (κ3) is 2.37. The van der Waals surface area contributed by atoms with Crippen molar-refractivity contribution in [2.75, 3.05) is 0 Å². The molecule has 0 saturated heterocycles. The van der Waals surface area contributed by atoms with Crippen LogP contribution < -0.4 is 0 Å². The number of aliphatic hydroxyl groups is 1. The Morgan fingerprint density at radius 2 is 2.40 bits per heavy atom. The predicted octanol–water partition coefficient (Wildman–Crippen LogP) is 0.251. The van der Waals surface area contributed by atoms with Gasteiger partial charge in [-0.1, -0.05) is 0 Å². The average molecular weight is 225 g/mol. The quantitative estimate of drug-likeness (QED) is 0.810. The molecule has 0 aliphatic carbocycles. The Balaban J connectivity index is 2.06. The highest BCUT2D eigenvalue weighted by atomic mass is 32.1. The number of nitrogens with zero attached hydrogens (tertiary/aromatic N) is 5. The molecule has 7 heteroatoms. The first-order valence-corrected chi connectivity index (χ1v) is 5.30. The van der Waals surface area contributed by atoms with Crippen LogP contribution in [0.15, 0.2) is 6.20 Å². The van der Waals surface area contributed by atoms with Crippen molar-refractivity contribution in [1.29, 1.82) is 0 Å². The van der Waals surface area contributed by atoms with Crippen LogP contribution in [0.3, 0.4) is 0 Å². The molecule has 0 radical (unpaired) electrons. The summed E-state index contributed by atoms with van der Waals surface area (Å²) in [5.74, 6) is 0.538. The van der Waals surface area contributed by atoms with E-state index in [9.17, 15) is 5.11 Å². The number of aryl methyl sites for hydroxylation is 2. The number of hydrogen-bond acceptors (Lipinski definition) is 6. The lowest BCUT2D eigenvalue weighted by Gasteiger charge is -2.03. The maximum Gasteiger partial charge on any atom is 0.177 e. The zero-order chi connectivity index (χ0) is 10.8. The van der Waals surface area contributed by atoms with E-state index >= 15 is 0 Å². The van der Waals surface area contributed by atoms with Crippen molar-refractivity contribution in [3.63, 3.8) is 0 Å². The minimum atomic E-state index is -0.597. The van der Waals surface area contributed by atoms with Gasteiger partial charge in [0.15, 0.2) is 5.82 Å². The van der Waals surface area contributed by atoms with E-state index in [1.165, 1.54) is 16.1 Å².